The quantitative estimate of drug-likeness (QED) is 0.457. The van der Waals surface area contributed by atoms with Crippen LogP contribution in [0.15, 0.2) is 71.6 Å². The van der Waals surface area contributed by atoms with E-state index >= 15 is 0 Å². The fraction of sp³-hybridized carbons (Fsp3) is 0.240. The summed E-state index contributed by atoms with van der Waals surface area (Å²) in [6, 6.07) is 16.5. The van der Waals surface area contributed by atoms with Gasteiger partial charge in [-0.15, -0.1) is 0 Å². The summed E-state index contributed by atoms with van der Waals surface area (Å²) in [5.74, 6) is 0.0587. The number of hydrogen-bond donors (Lipinski definition) is 1. The van der Waals surface area contributed by atoms with Gasteiger partial charge in [0.15, 0.2) is 5.75 Å². The molecule has 1 N–H and O–H groups in total. The van der Waals surface area contributed by atoms with Gasteiger partial charge in [0.2, 0.25) is 15.9 Å². The Kier molecular flexibility index (Phi) is 7.59. The topological polar surface area (TPSA) is 84.9 Å². The van der Waals surface area contributed by atoms with Crippen LogP contribution < -0.4 is 14.8 Å². The molecule has 1 aliphatic rings. The Labute approximate surface area is 208 Å². The number of carbonyl (C=O) groups is 1. The molecule has 3 aromatic rings. The van der Waals surface area contributed by atoms with E-state index in [1.165, 1.54) is 16.4 Å². The zero-order valence-electron chi connectivity index (χ0n) is 18.9. The zero-order valence-corrected chi connectivity index (χ0v) is 20.5. The summed E-state index contributed by atoms with van der Waals surface area (Å²) in [5, 5.41) is 3.24. The van der Waals surface area contributed by atoms with E-state index in [0.29, 0.717) is 40.8 Å². The number of hydrogen-bond acceptors (Lipinski definition) is 5. The first-order valence-electron chi connectivity index (χ1n) is 10.9. The predicted octanol–water partition coefficient (Wildman–Crippen LogP) is 5.32. The summed E-state index contributed by atoms with van der Waals surface area (Å²) in [7, 11) is -2.30. The number of rotatable bonds is 7. The van der Waals surface area contributed by atoms with E-state index < -0.39 is 21.8 Å². The van der Waals surface area contributed by atoms with Gasteiger partial charge in [-0.25, -0.2) is 12.8 Å². The van der Waals surface area contributed by atoms with E-state index in [2.05, 4.69) is 5.32 Å². The first kappa shape index (κ1) is 25.0. The lowest BCUT2D eigenvalue weighted by atomic mass is 9.98. The SMILES string of the molecule is COc1cccc(Oc2ccc(Cl)cc2NC(=O)[C@H]2CCCN(S(=O)(=O)c3ccc(F)cc3)C2)c1. The highest BCUT2D eigenvalue weighted by Gasteiger charge is 2.33. The minimum Gasteiger partial charge on any atom is -0.497 e. The first-order chi connectivity index (χ1) is 16.8. The lowest BCUT2D eigenvalue weighted by Crippen LogP contribution is -2.43. The van der Waals surface area contributed by atoms with Gasteiger partial charge in [0, 0.05) is 24.2 Å². The van der Waals surface area contributed by atoms with Crippen LogP contribution in [-0.2, 0) is 14.8 Å². The van der Waals surface area contributed by atoms with Gasteiger partial charge in [0.1, 0.15) is 17.3 Å². The minimum atomic E-state index is -3.85. The van der Waals surface area contributed by atoms with Crippen molar-refractivity contribution >= 4 is 33.2 Å². The molecule has 3 aromatic carbocycles. The Morgan fingerprint density at radius 3 is 2.57 bits per heavy atom. The molecule has 1 amide bonds. The van der Waals surface area contributed by atoms with Gasteiger partial charge in [-0.1, -0.05) is 17.7 Å². The van der Waals surface area contributed by atoms with Crippen molar-refractivity contribution in [2.45, 2.75) is 17.7 Å². The second kappa shape index (κ2) is 10.6. The van der Waals surface area contributed by atoms with Crippen LogP contribution in [0, 0.1) is 11.7 Å². The van der Waals surface area contributed by atoms with Crippen molar-refractivity contribution in [2.75, 3.05) is 25.5 Å². The molecule has 0 spiro atoms. The van der Waals surface area contributed by atoms with Gasteiger partial charge in [-0.05, 0) is 67.4 Å². The normalized spacial score (nSPS) is 16.5. The second-order valence-corrected chi connectivity index (χ2v) is 10.4. The van der Waals surface area contributed by atoms with Crippen LogP contribution in [0.25, 0.3) is 0 Å². The molecule has 35 heavy (non-hydrogen) atoms. The summed E-state index contributed by atoms with van der Waals surface area (Å²) in [5.41, 5.74) is 0.365. The number of amides is 1. The summed E-state index contributed by atoms with van der Waals surface area (Å²) in [4.78, 5) is 13.1. The monoisotopic (exact) mass is 518 g/mol. The van der Waals surface area contributed by atoms with Crippen molar-refractivity contribution in [2.24, 2.45) is 5.92 Å². The summed E-state index contributed by atoms with van der Waals surface area (Å²) in [6.07, 6.45) is 1.04. The smallest absolute Gasteiger partial charge is 0.243 e. The van der Waals surface area contributed by atoms with Crippen molar-refractivity contribution in [3.05, 3.63) is 77.6 Å². The lowest BCUT2D eigenvalue weighted by Gasteiger charge is -2.31. The highest BCUT2D eigenvalue weighted by Crippen LogP contribution is 2.34. The molecule has 1 fully saturated rings. The summed E-state index contributed by atoms with van der Waals surface area (Å²) in [6.45, 7) is 0.295. The molecule has 0 bridgehead atoms. The van der Waals surface area contributed by atoms with E-state index in [1.54, 1.807) is 49.6 Å². The number of piperidine rings is 1. The third kappa shape index (κ3) is 5.93. The maximum atomic E-state index is 13.2. The van der Waals surface area contributed by atoms with Gasteiger partial charge in [-0.3, -0.25) is 4.79 Å². The highest BCUT2D eigenvalue weighted by molar-refractivity contribution is 7.89. The molecule has 1 saturated heterocycles. The van der Waals surface area contributed by atoms with Crippen molar-refractivity contribution in [3.63, 3.8) is 0 Å². The molecule has 0 saturated carbocycles. The Balaban J connectivity index is 1.50. The number of nitrogens with one attached hydrogen (secondary N) is 1. The summed E-state index contributed by atoms with van der Waals surface area (Å²) < 4.78 is 51.7. The van der Waals surface area contributed by atoms with Crippen molar-refractivity contribution in [1.82, 2.24) is 4.31 Å². The van der Waals surface area contributed by atoms with E-state index in [4.69, 9.17) is 21.1 Å². The van der Waals surface area contributed by atoms with Crippen LogP contribution >= 0.6 is 11.6 Å². The third-order valence-corrected chi connectivity index (χ3v) is 7.79. The largest absolute Gasteiger partial charge is 0.497 e. The van der Waals surface area contributed by atoms with Crippen LogP contribution in [0.1, 0.15) is 12.8 Å². The number of sulfonamides is 1. The molecule has 1 aliphatic heterocycles. The van der Waals surface area contributed by atoms with Gasteiger partial charge in [0.05, 0.1) is 23.6 Å². The summed E-state index contributed by atoms with van der Waals surface area (Å²) >= 11 is 6.16. The number of anilines is 1. The van der Waals surface area contributed by atoms with Crippen molar-refractivity contribution in [3.8, 4) is 17.2 Å². The number of benzene rings is 3. The molecule has 1 heterocycles. The molecule has 0 aromatic heterocycles. The van der Waals surface area contributed by atoms with E-state index in [1.807, 2.05) is 0 Å². The third-order valence-electron chi connectivity index (χ3n) is 5.67. The van der Waals surface area contributed by atoms with Crippen LogP contribution in [0.3, 0.4) is 0 Å². The van der Waals surface area contributed by atoms with E-state index in [9.17, 15) is 17.6 Å². The Morgan fingerprint density at radius 1 is 1.09 bits per heavy atom. The van der Waals surface area contributed by atoms with Crippen LogP contribution in [0.2, 0.25) is 5.02 Å². The maximum absolute atomic E-state index is 13.2. The fourth-order valence-corrected chi connectivity index (χ4v) is 5.54. The number of halogens is 2. The molecule has 7 nitrogen and oxygen atoms in total. The molecular weight excluding hydrogens is 495 g/mol. The number of methoxy groups -OCH3 is 1. The number of carbonyl (C=O) groups excluding carboxylic acids is 1. The Hall–Kier alpha value is -3.14. The standard InChI is InChI=1S/C25H24ClFN2O5S/c1-33-20-5-2-6-21(15-20)34-24-12-7-18(26)14-23(24)28-25(30)17-4-3-13-29(16-17)35(31,32)22-10-8-19(27)9-11-22/h2,5-12,14-15,17H,3-4,13,16H2,1H3,(H,28,30)/t17-/m0/s1. The first-order valence-corrected chi connectivity index (χ1v) is 12.8. The van der Waals surface area contributed by atoms with E-state index in [0.717, 1.165) is 12.1 Å². The molecule has 10 heteroatoms. The number of ether oxygens (including phenoxy) is 2. The Bertz CT molecular complexity index is 1320. The lowest BCUT2D eigenvalue weighted by molar-refractivity contribution is -0.120. The van der Waals surface area contributed by atoms with Gasteiger partial charge < -0.3 is 14.8 Å². The molecule has 1 atom stereocenters. The van der Waals surface area contributed by atoms with Gasteiger partial charge in [0.25, 0.3) is 0 Å². The molecule has 0 unspecified atom stereocenters. The predicted molar refractivity (Wildman–Crippen MR) is 131 cm³/mol. The molecule has 184 valence electrons. The second-order valence-electron chi connectivity index (χ2n) is 8.07. The molecule has 4 rings (SSSR count). The average molecular weight is 519 g/mol. The maximum Gasteiger partial charge on any atom is 0.243 e. The van der Waals surface area contributed by atoms with Crippen LogP contribution in [0.4, 0.5) is 10.1 Å². The number of nitrogens with zero attached hydrogens (tertiary/aromatic N) is 1. The Morgan fingerprint density at radius 2 is 1.83 bits per heavy atom. The van der Waals surface area contributed by atoms with Crippen molar-refractivity contribution in [1.29, 1.82) is 0 Å². The van der Waals surface area contributed by atoms with Gasteiger partial charge in [-0.2, -0.15) is 4.31 Å². The highest BCUT2D eigenvalue weighted by atomic mass is 35.5. The van der Waals surface area contributed by atoms with Crippen LogP contribution in [-0.4, -0.2) is 38.8 Å². The zero-order chi connectivity index (χ0) is 25.0. The van der Waals surface area contributed by atoms with Crippen LogP contribution in [0.5, 0.6) is 17.2 Å². The average Bonchev–Trinajstić information content (AvgIpc) is 2.86. The molecular formula is C25H24ClFN2O5S. The fourth-order valence-electron chi connectivity index (χ4n) is 3.85. The van der Waals surface area contributed by atoms with Gasteiger partial charge >= 0.3 is 0 Å². The van der Waals surface area contributed by atoms with Crippen molar-refractivity contribution < 1.29 is 27.1 Å². The molecule has 0 aliphatic carbocycles. The minimum absolute atomic E-state index is 0.0104. The van der Waals surface area contributed by atoms with E-state index in [-0.39, 0.29) is 23.9 Å². The molecule has 0 radical (unpaired) electrons.